The van der Waals surface area contributed by atoms with Crippen molar-refractivity contribution < 1.29 is 13.2 Å². The lowest BCUT2D eigenvalue weighted by Crippen LogP contribution is -2.31. The molecule has 0 spiro atoms. The molecular weight excluding hydrogens is 332 g/mol. The summed E-state index contributed by atoms with van der Waals surface area (Å²) < 4.78 is 32.0. The van der Waals surface area contributed by atoms with Gasteiger partial charge in [0.05, 0.1) is 7.11 Å². The van der Waals surface area contributed by atoms with E-state index in [9.17, 15) is 8.42 Å². The quantitative estimate of drug-likeness (QED) is 0.838. The lowest BCUT2D eigenvalue weighted by Gasteiger charge is -2.13. The third-order valence-corrected chi connectivity index (χ3v) is 5.65. The highest BCUT2D eigenvalue weighted by Crippen LogP contribution is 2.29. The van der Waals surface area contributed by atoms with Crippen LogP contribution >= 0.6 is 23.7 Å². The standard InChI is InChI=1S/C13H16N2O3S2.ClH/c1-18-12-7-8-19-13(12)20(16,17)15-9-11(14)10-5-3-2-4-6-10;/h2-8,11,15H,9,14H2,1H3;1H. The van der Waals surface area contributed by atoms with Crippen molar-refractivity contribution in [1.29, 1.82) is 0 Å². The second-order valence-electron chi connectivity index (χ2n) is 4.15. The average molecular weight is 349 g/mol. The van der Waals surface area contributed by atoms with Crippen LogP contribution in [0.3, 0.4) is 0 Å². The number of halogens is 1. The summed E-state index contributed by atoms with van der Waals surface area (Å²) in [4.78, 5) is 0. The van der Waals surface area contributed by atoms with Crippen LogP contribution in [0.15, 0.2) is 46.0 Å². The van der Waals surface area contributed by atoms with Gasteiger partial charge in [0.1, 0.15) is 5.75 Å². The van der Waals surface area contributed by atoms with Crippen molar-refractivity contribution in [1.82, 2.24) is 4.72 Å². The number of nitrogens with one attached hydrogen (secondary N) is 1. The summed E-state index contributed by atoms with van der Waals surface area (Å²) in [7, 11) is -2.16. The van der Waals surface area contributed by atoms with E-state index >= 15 is 0 Å². The topological polar surface area (TPSA) is 81.4 Å². The molecule has 0 aliphatic carbocycles. The number of hydrogen-bond acceptors (Lipinski definition) is 5. The molecule has 3 N–H and O–H groups in total. The maximum atomic E-state index is 12.2. The number of hydrogen-bond donors (Lipinski definition) is 2. The van der Waals surface area contributed by atoms with Crippen LogP contribution in [0.25, 0.3) is 0 Å². The molecule has 8 heteroatoms. The molecule has 0 radical (unpaired) electrons. The van der Waals surface area contributed by atoms with E-state index in [0.717, 1.165) is 16.9 Å². The van der Waals surface area contributed by atoms with Crippen molar-refractivity contribution in [3.63, 3.8) is 0 Å². The first-order valence-electron chi connectivity index (χ1n) is 5.96. The van der Waals surface area contributed by atoms with E-state index in [4.69, 9.17) is 10.5 Å². The van der Waals surface area contributed by atoms with Crippen molar-refractivity contribution in [3.05, 3.63) is 47.3 Å². The Morgan fingerprint density at radius 3 is 2.57 bits per heavy atom. The molecule has 0 saturated carbocycles. The monoisotopic (exact) mass is 348 g/mol. The average Bonchev–Trinajstić information content (AvgIpc) is 2.95. The molecule has 1 heterocycles. The van der Waals surface area contributed by atoms with Gasteiger partial charge in [-0.05, 0) is 17.0 Å². The highest BCUT2D eigenvalue weighted by Gasteiger charge is 2.21. The number of benzene rings is 1. The van der Waals surface area contributed by atoms with Gasteiger partial charge in [-0.2, -0.15) is 0 Å². The molecule has 0 aliphatic heterocycles. The second-order valence-corrected chi connectivity index (χ2v) is 7.02. The van der Waals surface area contributed by atoms with Crippen molar-refractivity contribution in [2.75, 3.05) is 13.7 Å². The first-order chi connectivity index (χ1) is 9.54. The van der Waals surface area contributed by atoms with E-state index < -0.39 is 16.1 Å². The zero-order valence-electron chi connectivity index (χ0n) is 11.4. The predicted molar refractivity (Wildman–Crippen MR) is 86.7 cm³/mol. The molecular formula is C13H17ClN2O3S2. The number of rotatable bonds is 6. The lowest BCUT2D eigenvalue weighted by molar-refractivity contribution is 0.406. The molecule has 0 bridgehead atoms. The minimum absolute atomic E-state index is 0. The summed E-state index contributed by atoms with van der Waals surface area (Å²) in [6.07, 6.45) is 0. The van der Waals surface area contributed by atoms with Gasteiger partial charge in [-0.25, -0.2) is 13.1 Å². The van der Waals surface area contributed by atoms with Crippen LogP contribution in [0.1, 0.15) is 11.6 Å². The summed E-state index contributed by atoms with van der Waals surface area (Å²) in [5.74, 6) is 0.343. The van der Waals surface area contributed by atoms with Gasteiger partial charge in [-0.1, -0.05) is 30.3 Å². The van der Waals surface area contributed by atoms with Crippen LogP contribution < -0.4 is 15.2 Å². The first-order valence-corrected chi connectivity index (χ1v) is 8.32. The summed E-state index contributed by atoms with van der Waals surface area (Å²) in [6, 6.07) is 10.6. The smallest absolute Gasteiger partial charge is 0.253 e. The van der Waals surface area contributed by atoms with E-state index in [0.29, 0.717) is 5.75 Å². The Labute approximate surface area is 134 Å². The number of nitrogens with two attached hydrogens (primary N) is 1. The van der Waals surface area contributed by atoms with Crippen molar-refractivity contribution in [2.45, 2.75) is 10.3 Å². The Morgan fingerprint density at radius 2 is 1.95 bits per heavy atom. The number of ether oxygens (including phenoxy) is 1. The Kier molecular flexibility index (Phi) is 6.63. The highest BCUT2D eigenvalue weighted by atomic mass is 35.5. The summed E-state index contributed by atoms with van der Waals surface area (Å²) in [5.41, 5.74) is 6.85. The Balaban J connectivity index is 0.00000220. The van der Waals surface area contributed by atoms with Gasteiger partial charge in [0.15, 0.2) is 4.21 Å². The molecule has 2 aromatic rings. The molecule has 1 aromatic heterocycles. The third kappa shape index (κ3) is 4.42. The largest absolute Gasteiger partial charge is 0.494 e. The minimum Gasteiger partial charge on any atom is -0.494 e. The van der Waals surface area contributed by atoms with Crippen LogP contribution in [0.2, 0.25) is 0 Å². The molecule has 5 nitrogen and oxygen atoms in total. The fourth-order valence-corrected chi connectivity index (χ4v) is 4.09. The predicted octanol–water partition coefficient (Wildman–Crippen LogP) is 2.16. The van der Waals surface area contributed by atoms with Crippen LogP contribution in [0.4, 0.5) is 0 Å². The maximum Gasteiger partial charge on any atom is 0.253 e. The number of thiophene rings is 1. The molecule has 2 rings (SSSR count). The molecule has 21 heavy (non-hydrogen) atoms. The molecule has 1 unspecified atom stereocenters. The van der Waals surface area contributed by atoms with E-state index in [2.05, 4.69) is 4.72 Å². The number of sulfonamides is 1. The van der Waals surface area contributed by atoms with Crippen LogP contribution in [-0.4, -0.2) is 22.1 Å². The molecule has 0 saturated heterocycles. The lowest BCUT2D eigenvalue weighted by atomic mass is 10.1. The Morgan fingerprint density at radius 1 is 1.29 bits per heavy atom. The SMILES string of the molecule is COc1ccsc1S(=O)(=O)NCC(N)c1ccccc1.Cl. The fraction of sp³-hybridized carbons (Fsp3) is 0.231. The summed E-state index contributed by atoms with van der Waals surface area (Å²) >= 11 is 1.11. The number of methoxy groups -OCH3 is 1. The Hall–Kier alpha value is -1.12. The highest BCUT2D eigenvalue weighted by molar-refractivity contribution is 7.91. The van der Waals surface area contributed by atoms with Crippen LogP contribution in [0, 0.1) is 0 Å². The fourth-order valence-electron chi connectivity index (χ4n) is 1.71. The zero-order valence-corrected chi connectivity index (χ0v) is 13.8. The van der Waals surface area contributed by atoms with Gasteiger partial charge in [-0.3, -0.25) is 0 Å². The molecule has 0 fully saturated rings. The van der Waals surface area contributed by atoms with Gasteiger partial charge in [0.25, 0.3) is 10.0 Å². The molecule has 0 amide bonds. The zero-order chi connectivity index (χ0) is 14.6. The van der Waals surface area contributed by atoms with E-state index in [1.165, 1.54) is 7.11 Å². The van der Waals surface area contributed by atoms with Gasteiger partial charge in [0, 0.05) is 12.6 Å². The van der Waals surface area contributed by atoms with Crippen molar-refractivity contribution in [2.24, 2.45) is 5.73 Å². The summed E-state index contributed by atoms with van der Waals surface area (Å²) in [5, 5.41) is 1.67. The van der Waals surface area contributed by atoms with E-state index in [1.54, 1.807) is 11.4 Å². The van der Waals surface area contributed by atoms with Crippen LogP contribution in [0.5, 0.6) is 5.75 Å². The van der Waals surface area contributed by atoms with E-state index in [-0.39, 0.29) is 23.2 Å². The molecule has 1 atom stereocenters. The maximum absolute atomic E-state index is 12.2. The van der Waals surface area contributed by atoms with Gasteiger partial charge < -0.3 is 10.5 Å². The molecule has 1 aromatic carbocycles. The second kappa shape index (κ2) is 7.77. The van der Waals surface area contributed by atoms with Crippen molar-refractivity contribution >= 4 is 33.8 Å². The Bertz CT molecular complexity index is 659. The van der Waals surface area contributed by atoms with E-state index in [1.807, 2.05) is 30.3 Å². The van der Waals surface area contributed by atoms with Gasteiger partial charge in [-0.15, -0.1) is 23.7 Å². The normalized spacial score (nSPS) is 12.5. The van der Waals surface area contributed by atoms with Gasteiger partial charge >= 0.3 is 0 Å². The van der Waals surface area contributed by atoms with Gasteiger partial charge in [0.2, 0.25) is 0 Å². The molecule has 116 valence electrons. The molecule has 0 aliphatic rings. The summed E-state index contributed by atoms with van der Waals surface area (Å²) in [6.45, 7) is 0.132. The minimum atomic E-state index is -3.60. The van der Waals surface area contributed by atoms with Crippen molar-refractivity contribution in [3.8, 4) is 5.75 Å². The first kappa shape index (κ1) is 17.9. The third-order valence-electron chi connectivity index (χ3n) is 2.78. The van der Waals surface area contributed by atoms with Crippen LogP contribution in [-0.2, 0) is 10.0 Å².